The van der Waals surface area contributed by atoms with Crippen LogP contribution in [0.4, 0.5) is 11.8 Å². The van der Waals surface area contributed by atoms with Gasteiger partial charge in [0.2, 0.25) is 5.95 Å². The zero-order chi connectivity index (χ0) is 14.1. The molecule has 3 aromatic heterocycles. The minimum atomic E-state index is -0.00481. The van der Waals surface area contributed by atoms with Crippen molar-refractivity contribution in [2.75, 3.05) is 17.7 Å². The summed E-state index contributed by atoms with van der Waals surface area (Å²) < 4.78 is 5.62. The molecule has 3 rings (SSSR count). The maximum atomic E-state index is 5.62. The van der Waals surface area contributed by atoms with Crippen LogP contribution in [0.1, 0.15) is 24.5 Å². The Morgan fingerprint density at radius 2 is 2.15 bits per heavy atom. The van der Waals surface area contributed by atoms with Crippen LogP contribution in [0, 0.1) is 6.92 Å². The highest BCUT2D eigenvalue weighted by molar-refractivity contribution is 5.83. The number of aromatic nitrogens is 4. The van der Waals surface area contributed by atoms with Gasteiger partial charge in [0, 0.05) is 7.05 Å². The van der Waals surface area contributed by atoms with Gasteiger partial charge in [-0.25, -0.2) is 4.98 Å². The number of aryl methyl sites for hydroxylation is 1. The summed E-state index contributed by atoms with van der Waals surface area (Å²) in [5.41, 5.74) is 1.40. The molecule has 0 saturated heterocycles. The van der Waals surface area contributed by atoms with E-state index >= 15 is 0 Å². The predicted molar refractivity (Wildman–Crippen MR) is 76.7 cm³/mol. The highest BCUT2D eigenvalue weighted by atomic mass is 16.3. The molecule has 0 aliphatic heterocycles. The fraction of sp³-hybridized carbons (Fsp3) is 0.308. The van der Waals surface area contributed by atoms with Crippen LogP contribution in [-0.2, 0) is 0 Å². The SMILES string of the molecule is CNc1nc(NC(C)c2ccc(C)o2)c2[nH]cnc2n1. The van der Waals surface area contributed by atoms with E-state index in [1.807, 2.05) is 26.0 Å². The molecule has 0 bridgehead atoms. The van der Waals surface area contributed by atoms with Gasteiger partial charge in [0.15, 0.2) is 11.5 Å². The first-order valence-corrected chi connectivity index (χ1v) is 6.39. The second-order valence-corrected chi connectivity index (χ2v) is 4.56. The van der Waals surface area contributed by atoms with Crippen LogP contribution >= 0.6 is 0 Å². The van der Waals surface area contributed by atoms with Crippen LogP contribution < -0.4 is 10.6 Å². The van der Waals surface area contributed by atoms with Gasteiger partial charge >= 0.3 is 0 Å². The zero-order valence-corrected chi connectivity index (χ0v) is 11.6. The number of fused-ring (bicyclic) bond motifs is 1. The topological polar surface area (TPSA) is 91.7 Å². The summed E-state index contributed by atoms with van der Waals surface area (Å²) >= 11 is 0. The molecule has 3 N–H and O–H groups in total. The van der Waals surface area contributed by atoms with Crippen LogP contribution in [0.5, 0.6) is 0 Å². The second-order valence-electron chi connectivity index (χ2n) is 4.56. The maximum absolute atomic E-state index is 5.62. The molecule has 20 heavy (non-hydrogen) atoms. The van der Waals surface area contributed by atoms with Crippen molar-refractivity contribution in [2.45, 2.75) is 19.9 Å². The number of imidazole rings is 1. The molecule has 3 heterocycles. The summed E-state index contributed by atoms with van der Waals surface area (Å²) in [6.07, 6.45) is 1.60. The molecule has 0 saturated carbocycles. The Bertz CT molecular complexity index is 731. The molecule has 0 aliphatic rings. The number of nitrogens with zero attached hydrogens (tertiary/aromatic N) is 3. The highest BCUT2D eigenvalue weighted by Gasteiger charge is 2.14. The van der Waals surface area contributed by atoms with Gasteiger partial charge < -0.3 is 20.0 Å². The zero-order valence-electron chi connectivity index (χ0n) is 11.6. The molecule has 0 aliphatic carbocycles. The van der Waals surface area contributed by atoms with E-state index in [2.05, 4.69) is 30.6 Å². The van der Waals surface area contributed by atoms with Crippen LogP contribution in [0.15, 0.2) is 22.9 Å². The molecule has 7 nitrogen and oxygen atoms in total. The van der Waals surface area contributed by atoms with E-state index in [-0.39, 0.29) is 6.04 Å². The van der Waals surface area contributed by atoms with Gasteiger partial charge in [0.05, 0.1) is 12.4 Å². The molecule has 3 aromatic rings. The van der Waals surface area contributed by atoms with Crippen molar-refractivity contribution in [3.8, 4) is 0 Å². The van der Waals surface area contributed by atoms with Crippen LogP contribution in [-0.4, -0.2) is 27.0 Å². The predicted octanol–water partition coefficient (Wildman–Crippen LogP) is 2.47. The number of rotatable bonds is 4. The van der Waals surface area contributed by atoms with E-state index in [0.717, 1.165) is 17.0 Å². The Morgan fingerprint density at radius 3 is 2.85 bits per heavy atom. The molecule has 1 atom stereocenters. The normalized spacial score (nSPS) is 12.6. The Morgan fingerprint density at radius 1 is 1.30 bits per heavy atom. The van der Waals surface area contributed by atoms with E-state index in [9.17, 15) is 0 Å². The average Bonchev–Trinajstić information content (AvgIpc) is 3.06. The van der Waals surface area contributed by atoms with Crippen molar-refractivity contribution in [1.29, 1.82) is 0 Å². The molecule has 0 radical (unpaired) electrons. The summed E-state index contributed by atoms with van der Waals surface area (Å²) in [6, 6.07) is 3.89. The number of nitrogens with one attached hydrogen (secondary N) is 3. The molecular formula is C13H16N6O. The Labute approximate surface area is 115 Å². The first-order valence-electron chi connectivity index (χ1n) is 6.39. The lowest BCUT2D eigenvalue weighted by molar-refractivity contribution is 0.466. The van der Waals surface area contributed by atoms with E-state index in [1.165, 1.54) is 0 Å². The molecule has 1 unspecified atom stereocenters. The Balaban J connectivity index is 1.95. The molecule has 7 heteroatoms. The van der Waals surface area contributed by atoms with Gasteiger partial charge in [-0.2, -0.15) is 9.97 Å². The van der Waals surface area contributed by atoms with Crippen molar-refractivity contribution in [2.24, 2.45) is 0 Å². The number of H-pyrrole nitrogens is 1. The monoisotopic (exact) mass is 272 g/mol. The lowest BCUT2D eigenvalue weighted by Gasteiger charge is -2.13. The van der Waals surface area contributed by atoms with Gasteiger partial charge in [0.25, 0.3) is 0 Å². The fourth-order valence-electron chi connectivity index (χ4n) is 2.01. The summed E-state index contributed by atoms with van der Waals surface area (Å²) in [6.45, 7) is 3.94. The quantitative estimate of drug-likeness (QED) is 0.675. The van der Waals surface area contributed by atoms with Gasteiger partial charge in [-0.05, 0) is 26.0 Å². The highest BCUT2D eigenvalue weighted by Crippen LogP contribution is 2.24. The second kappa shape index (κ2) is 4.84. The number of hydrogen-bond acceptors (Lipinski definition) is 6. The maximum Gasteiger partial charge on any atom is 0.226 e. The minimum Gasteiger partial charge on any atom is -0.464 e. The van der Waals surface area contributed by atoms with E-state index in [1.54, 1.807) is 13.4 Å². The third-order valence-corrected chi connectivity index (χ3v) is 3.05. The van der Waals surface area contributed by atoms with Crippen molar-refractivity contribution in [3.63, 3.8) is 0 Å². The van der Waals surface area contributed by atoms with E-state index < -0.39 is 0 Å². The summed E-state index contributed by atoms with van der Waals surface area (Å²) in [4.78, 5) is 15.9. The van der Waals surface area contributed by atoms with Gasteiger partial charge in [-0.1, -0.05) is 0 Å². The van der Waals surface area contributed by atoms with Gasteiger partial charge in [-0.15, -0.1) is 0 Å². The van der Waals surface area contributed by atoms with E-state index in [4.69, 9.17) is 4.42 Å². The third kappa shape index (κ3) is 2.18. The molecular weight excluding hydrogens is 256 g/mol. The first-order chi connectivity index (χ1) is 9.67. The largest absolute Gasteiger partial charge is 0.464 e. The van der Waals surface area contributed by atoms with Crippen molar-refractivity contribution < 1.29 is 4.42 Å². The summed E-state index contributed by atoms with van der Waals surface area (Å²) in [5, 5.41) is 6.25. The first kappa shape index (κ1) is 12.5. The van der Waals surface area contributed by atoms with Crippen LogP contribution in [0.2, 0.25) is 0 Å². The molecule has 0 aromatic carbocycles. The number of anilines is 2. The van der Waals surface area contributed by atoms with Crippen molar-refractivity contribution in [1.82, 2.24) is 19.9 Å². The molecule has 0 spiro atoms. The standard InChI is InChI=1S/C13H16N6O/c1-7-4-5-9(20-7)8(2)17-12-10-11(16-6-15-10)18-13(14-3)19-12/h4-6,8H,1-3H3,(H3,14,15,16,17,18,19). The van der Waals surface area contributed by atoms with E-state index in [0.29, 0.717) is 17.4 Å². The summed E-state index contributed by atoms with van der Waals surface area (Å²) in [5.74, 6) is 2.96. The summed E-state index contributed by atoms with van der Waals surface area (Å²) in [7, 11) is 1.77. The fourth-order valence-corrected chi connectivity index (χ4v) is 2.01. The van der Waals surface area contributed by atoms with Crippen LogP contribution in [0.25, 0.3) is 11.2 Å². The lowest BCUT2D eigenvalue weighted by atomic mass is 10.2. The minimum absolute atomic E-state index is 0.00481. The molecule has 0 fully saturated rings. The van der Waals surface area contributed by atoms with Crippen molar-refractivity contribution in [3.05, 3.63) is 30.0 Å². The van der Waals surface area contributed by atoms with Crippen LogP contribution in [0.3, 0.4) is 0 Å². The molecule has 0 amide bonds. The Hall–Kier alpha value is -2.57. The lowest BCUT2D eigenvalue weighted by Crippen LogP contribution is -2.09. The number of aromatic amines is 1. The van der Waals surface area contributed by atoms with Gasteiger partial charge in [-0.3, -0.25) is 0 Å². The average molecular weight is 272 g/mol. The number of furan rings is 1. The smallest absolute Gasteiger partial charge is 0.226 e. The third-order valence-electron chi connectivity index (χ3n) is 3.05. The Kier molecular flexibility index (Phi) is 3.02. The van der Waals surface area contributed by atoms with Gasteiger partial charge in [0.1, 0.15) is 17.0 Å². The number of hydrogen-bond donors (Lipinski definition) is 3. The van der Waals surface area contributed by atoms with Crippen molar-refractivity contribution >= 4 is 22.9 Å². The molecule has 104 valence electrons.